The van der Waals surface area contributed by atoms with E-state index in [0.717, 1.165) is 16.2 Å². The molecule has 25 heavy (non-hydrogen) atoms. The van der Waals surface area contributed by atoms with Crippen LogP contribution in [0.25, 0.3) is 0 Å². The Morgan fingerprint density at radius 1 is 1.20 bits per heavy atom. The molecule has 3 aromatic rings. The molecule has 2 amide bonds. The van der Waals surface area contributed by atoms with Gasteiger partial charge in [-0.25, -0.2) is 18.6 Å². The number of para-hydroxylation sites is 1. The summed E-state index contributed by atoms with van der Waals surface area (Å²) in [5.41, 5.74) is 0.146. The van der Waals surface area contributed by atoms with Crippen LogP contribution in [-0.2, 0) is 0 Å². The fourth-order valence-corrected chi connectivity index (χ4v) is 2.70. The lowest BCUT2D eigenvalue weighted by atomic mass is 10.3. The van der Waals surface area contributed by atoms with Crippen molar-refractivity contribution in [3.05, 3.63) is 66.4 Å². The Balaban J connectivity index is 1.66. The van der Waals surface area contributed by atoms with Crippen LogP contribution in [-0.4, -0.2) is 18.1 Å². The minimum absolute atomic E-state index is 0.146. The van der Waals surface area contributed by atoms with Gasteiger partial charge in [-0.15, -0.1) is 0 Å². The third-order valence-electron chi connectivity index (χ3n) is 3.23. The second-order valence-electron chi connectivity index (χ2n) is 4.98. The standard InChI is InChI=1S/C17H13F2N3O2S/c1-22(14-8-3-2-7-13(14)19)17(23)21-16-20-10-15(25-16)24-12-6-4-5-11(18)9-12/h2-10H,1H3,(H,20,21,23). The molecule has 0 spiro atoms. The molecule has 0 aliphatic rings. The maximum Gasteiger partial charge on any atom is 0.327 e. The summed E-state index contributed by atoms with van der Waals surface area (Å²) in [7, 11) is 1.45. The number of amides is 2. The fourth-order valence-electron chi connectivity index (χ4n) is 2.02. The number of carbonyl (C=O) groups excluding carboxylic acids is 1. The zero-order chi connectivity index (χ0) is 17.8. The highest BCUT2D eigenvalue weighted by Crippen LogP contribution is 2.30. The predicted octanol–water partition coefficient (Wildman–Crippen LogP) is 4.88. The van der Waals surface area contributed by atoms with Gasteiger partial charge < -0.3 is 4.74 Å². The van der Waals surface area contributed by atoms with E-state index in [1.807, 2.05) is 0 Å². The lowest BCUT2D eigenvalue weighted by Crippen LogP contribution is -2.31. The average molecular weight is 361 g/mol. The number of anilines is 2. The SMILES string of the molecule is CN(C(=O)Nc1ncc(Oc2cccc(F)c2)s1)c1ccccc1F. The topological polar surface area (TPSA) is 54.5 Å². The zero-order valence-corrected chi connectivity index (χ0v) is 13.9. The maximum atomic E-state index is 13.7. The number of urea groups is 1. The molecule has 0 atom stereocenters. The first-order chi connectivity index (χ1) is 12.0. The maximum absolute atomic E-state index is 13.7. The van der Waals surface area contributed by atoms with Crippen molar-refractivity contribution >= 4 is 28.2 Å². The van der Waals surface area contributed by atoms with Gasteiger partial charge in [0.2, 0.25) is 5.06 Å². The van der Waals surface area contributed by atoms with Crippen LogP contribution < -0.4 is 15.0 Å². The van der Waals surface area contributed by atoms with Gasteiger partial charge >= 0.3 is 6.03 Å². The molecule has 0 saturated carbocycles. The summed E-state index contributed by atoms with van der Waals surface area (Å²) in [4.78, 5) is 17.4. The van der Waals surface area contributed by atoms with Crippen LogP contribution in [0.4, 0.5) is 24.4 Å². The first kappa shape index (κ1) is 16.8. The van der Waals surface area contributed by atoms with E-state index < -0.39 is 17.7 Å². The molecule has 1 N–H and O–H groups in total. The van der Waals surface area contributed by atoms with Crippen LogP contribution >= 0.6 is 11.3 Å². The Bertz CT molecular complexity index is 901. The van der Waals surface area contributed by atoms with E-state index in [1.54, 1.807) is 18.2 Å². The summed E-state index contributed by atoms with van der Waals surface area (Å²) in [6.45, 7) is 0. The number of aromatic nitrogens is 1. The molecule has 0 unspecified atom stereocenters. The van der Waals surface area contributed by atoms with Gasteiger partial charge in [0.25, 0.3) is 0 Å². The summed E-state index contributed by atoms with van der Waals surface area (Å²) < 4.78 is 32.4. The largest absolute Gasteiger partial charge is 0.445 e. The number of rotatable bonds is 4. The van der Waals surface area contributed by atoms with Crippen molar-refractivity contribution < 1.29 is 18.3 Å². The number of carbonyl (C=O) groups is 1. The van der Waals surface area contributed by atoms with Crippen LogP contribution in [0.3, 0.4) is 0 Å². The van der Waals surface area contributed by atoms with Crippen molar-refractivity contribution in [3.63, 3.8) is 0 Å². The lowest BCUT2D eigenvalue weighted by Gasteiger charge is -2.17. The average Bonchev–Trinajstić information content (AvgIpc) is 3.01. The molecular weight excluding hydrogens is 348 g/mol. The van der Waals surface area contributed by atoms with Crippen molar-refractivity contribution in [1.82, 2.24) is 4.98 Å². The highest BCUT2D eigenvalue weighted by Gasteiger charge is 2.16. The highest BCUT2D eigenvalue weighted by molar-refractivity contribution is 7.17. The van der Waals surface area contributed by atoms with Crippen molar-refractivity contribution in [2.24, 2.45) is 0 Å². The molecule has 128 valence electrons. The summed E-state index contributed by atoms with van der Waals surface area (Å²) in [5, 5.41) is 3.22. The second kappa shape index (κ2) is 7.27. The van der Waals surface area contributed by atoms with Crippen molar-refractivity contribution in [3.8, 4) is 10.8 Å². The molecule has 0 saturated heterocycles. The van der Waals surface area contributed by atoms with E-state index in [9.17, 15) is 13.6 Å². The van der Waals surface area contributed by atoms with Gasteiger partial charge in [-0.1, -0.05) is 29.5 Å². The van der Waals surface area contributed by atoms with Gasteiger partial charge in [0.1, 0.15) is 17.4 Å². The molecule has 0 aliphatic carbocycles. The molecule has 2 aromatic carbocycles. The number of nitrogens with one attached hydrogen (secondary N) is 1. The molecule has 5 nitrogen and oxygen atoms in total. The predicted molar refractivity (Wildman–Crippen MR) is 92.4 cm³/mol. The first-order valence-electron chi connectivity index (χ1n) is 7.21. The van der Waals surface area contributed by atoms with Gasteiger partial charge in [0.15, 0.2) is 5.13 Å². The molecule has 1 heterocycles. The highest BCUT2D eigenvalue weighted by atomic mass is 32.1. The van der Waals surface area contributed by atoms with Crippen molar-refractivity contribution in [2.75, 3.05) is 17.3 Å². The van der Waals surface area contributed by atoms with Crippen LogP contribution in [0.2, 0.25) is 0 Å². The Labute approximate surface area is 146 Å². The smallest absolute Gasteiger partial charge is 0.327 e. The quantitative estimate of drug-likeness (QED) is 0.720. The number of ether oxygens (including phenoxy) is 1. The van der Waals surface area contributed by atoms with Crippen LogP contribution in [0.15, 0.2) is 54.7 Å². The Morgan fingerprint density at radius 2 is 2.00 bits per heavy atom. The molecule has 8 heteroatoms. The number of benzene rings is 2. The van der Waals surface area contributed by atoms with Crippen molar-refractivity contribution in [2.45, 2.75) is 0 Å². The summed E-state index contributed by atoms with van der Waals surface area (Å²) in [6.07, 6.45) is 1.41. The molecule has 3 rings (SSSR count). The molecular formula is C17H13F2N3O2S. The van der Waals surface area contributed by atoms with Crippen LogP contribution in [0, 0.1) is 11.6 Å². The van der Waals surface area contributed by atoms with E-state index in [4.69, 9.17) is 4.74 Å². The van der Waals surface area contributed by atoms with E-state index in [1.165, 1.54) is 43.6 Å². The first-order valence-corrected chi connectivity index (χ1v) is 8.03. The Hall–Kier alpha value is -3.00. The van der Waals surface area contributed by atoms with E-state index in [2.05, 4.69) is 10.3 Å². The minimum atomic E-state index is -0.545. The van der Waals surface area contributed by atoms with Crippen molar-refractivity contribution in [1.29, 1.82) is 0 Å². The van der Waals surface area contributed by atoms with Crippen LogP contribution in [0.1, 0.15) is 0 Å². The lowest BCUT2D eigenvalue weighted by molar-refractivity contribution is 0.258. The molecule has 1 aromatic heterocycles. The van der Waals surface area contributed by atoms with Gasteiger partial charge in [0, 0.05) is 13.1 Å². The number of halogens is 2. The summed E-state index contributed by atoms with van der Waals surface area (Å²) in [5.74, 6) is -0.596. The van der Waals surface area contributed by atoms with Gasteiger partial charge in [0.05, 0.1) is 11.9 Å². The second-order valence-corrected chi connectivity index (χ2v) is 5.98. The van der Waals surface area contributed by atoms with Crippen LogP contribution in [0.5, 0.6) is 10.8 Å². The van der Waals surface area contributed by atoms with Gasteiger partial charge in [-0.2, -0.15) is 0 Å². The van der Waals surface area contributed by atoms with Gasteiger partial charge in [-0.3, -0.25) is 10.2 Å². The molecule has 0 aliphatic heterocycles. The minimum Gasteiger partial charge on any atom is -0.445 e. The monoisotopic (exact) mass is 361 g/mol. The summed E-state index contributed by atoms with van der Waals surface area (Å²) >= 11 is 1.07. The normalized spacial score (nSPS) is 10.4. The Kier molecular flexibility index (Phi) is 4.90. The fraction of sp³-hybridized carbons (Fsp3) is 0.0588. The Morgan fingerprint density at radius 3 is 2.76 bits per heavy atom. The molecule has 0 bridgehead atoms. The zero-order valence-electron chi connectivity index (χ0n) is 13.1. The number of nitrogens with zero attached hydrogens (tertiary/aromatic N) is 2. The van der Waals surface area contributed by atoms with E-state index >= 15 is 0 Å². The molecule has 0 fully saturated rings. The third-order valence-corrected chi connectivity index (χ3v) is 4.02. The molecule has 0 radical (unpaired) electrons. The number of hydrogen-bond donors (Lipinski definition) is 1. The third kappa shape index (κ3) is 4.10. The summed E-state index contributed by atoms with van der Waals surface area (Å²) in [6, 6.07) is 11.1. The van der Waals surface area contributed by atoms with E-state index in [-0.39, 0.29) is 10.8 Å². The number of thiazole rings is 1. The van der Waals surface area contributed by atoms with E-state index in [0.29, 0.717) is 10.8 Å². The number of hydrogen-bond acceptors (Lipinski definition) is 4. The van der Waals surface area contributed by atoms with Gasteiger partial charge in [-0.05, 0) is 24.3 Å².